The first-order valence-electron chi connectivity index (χ1n) is 13.5. The van der Waals surface area contributed by atoms with Crippen LogP contribution in [0.5, 0.6) is 5.75 Å². The largest absolute Gasteiger partial charge is 0.487 e. The van der Waals surface area contributed by atoms with Gasteiger partial charge in [-0.25, -0.2) is 0 Å². The highest BCUT2D eigenvalue weighted by Crippen LogP contribution is 2.31. The average Bonchev–Trinajstić information content (AvgIpc) is 2.88. The molecule has 0 N–H and O–H groups in total. The van der Waals surface area contributed by atoms with Crippen molar-refractivity contribution in [3.05, 3.63) is 65.2 Å². The van der Waals surface area contributed by atoms with Gasteiger partial charge in [-0.05, 0) is 69.7 Å². The summed E-state index contributed by atoms with van der Waals surface area (Å²) in [7, 11) is 0. The van der Waals surface area contributed by atoms with Crippen LogP contribution in [0.15, 0.2) is 48.5 Å². The summed E-state index contributed by atoms with van der Waals surface area (Å²) in [5.41, 5.74) is 2.53. The lowest BCUT2D eigenvalue weighted by molar-refractivity contribution is 0.0267. The maximum Gasteiger partial charge on any atom is 0.257 e. The van der Waals surface area contributed by atoms with Crippen molar-refractivity contribution in [1.82, 2.24) is 9.80 Å². The zero-order valence-corrected chi connectivity index (χ0v) is 21.4. The van der Waals surface area contributed by atoms with Crippen LogP contribution >= 0.6 is 0 Å². The Kier molecular flexibility index (Phi) is 8.84. The van der Waals surface area contributed by atoms with Gasteiger partial charge in [-0.1, -0.05) is 56.0 Å². The summed E-state index contributed by atoms with van der Waals surface area (Å²) in [6.07, 6.45) is 8.88. The molecule has 2 atom stereocenters. The van der Waals surface area contributed by atoms with Crippen LogP contribution in [0.25, 0.3) is 0 Å². The number of ether oxygens (including phenoxy) is 1. The summed E-state index contributed by atoms with van der Waals surface area (Å²) in [6.45, 7) is 6.43. The number of hydrogen-bond donors (Lipinski definition) is 0. The van der Waals surface area contributed by atoms with Crippen LogP contribution in [0.3, 0.4) is 0 Å². The number of carbonyl (C=O) groups is 2. The lowest BCUT2D eigenvalue weighted by Gasteiger charge is -2.40. The van der Waals surface area contributed by atoms with Crippen molar-refractivity contribution in [2.24, 2.45) is 0 Å². The van der Waals surface area contributed by atoms with Crippen molar-refractivity contribution in [2.45, 2.75) is 83.8 Å². The molecule has 188 valence electrons. The van der Waals surface area contributed by atoms with Gasteiger partial charge >= 0.3 is 0 Å². The second-order valence-electron chi connectivity index (χ2n) is 10.1. The predicted octanol–water partition coefficient (Wildman–Crippen LogP) is 6.25. The third kappa shape index (κ3) is 6.25. The molecule has 1 heterocycles. The van der Waals surface area contributed by atoms with Crippen LogP contribution in [-0.2, 0) is 0 Å². The number of hydrogen-bond acceptors (Lipinski definition) is 3. The van der Waals surface area contributed by atoms with Gasteiger partial charge in [-0.15, -0.1) is 0 Å². The molecule has 4 rings (SSSR count). The molecule has 2 amide bonds. The monoisotopic (exact) mass is 476 g/mol. The standard InChI is InChI=1S/C30H40N2O3/c1-3-20-31-21-10-4-5-11-22-32(29(33)24-18-16-23(2)17-19-24)26-13-7-9-15-28(26)35-27-14-8-6-12-25(27)30(31)34/h6,8,12,14,16-19,26,28H,3-5,7,9-11,13,15,20-22H2,1-2H3/t26-,28+/m1/s1. The molecule has 2 aromatic rings. The fourth-order valence-electron chi connectivity index (χ4n) is 5.45. The Morgan fingerprint density at radius 2 is 1.63 bits per heavy atom. The van der Waals surface area contributed by atoms with E-state index in [-0.39, 0.29) is 24.0 Å². The molecule has 1 aliphatic carbocycles. The molecule has 1 fully saturated rings. The first-order valence-corrected chi connectivity index (χ1v) is 13.5. The van der Waals surface area contributed by atoms with Crippen LogP contribution in [0.4, 0.5) is 0 Å². The number of nitrogens with zero attached hydrogens (tertiary/aromatic N) is 2. The first-order chi connectivity index (χ1) is 17.1. The Morgan fingerprint density at radius 1 is 0.914 bits per heavy atom. The Morgan fingerprint density at radius 3 is 2.40 bits per heavy atom. The van der Waals surface area contributed by atoms with Crippen molar-refractivity contribution in [3.63, 3.8) is 0 Å². The van der Waals surface area contributed by atoms with E-state index in [9.17, 15) is 9.59 Å². The minimum Gasteiger partial charge on any atom is -0.487 e. The molecule has 35 heavy (non-hydrogen) atoms. The predicted molar refractivity (Wildman–Crippen MR) is 140 cm³/mol. The molecule has 0 radical (unpaired) electrons. The molecule has 2 aromatic carbocycles. The van der Waals surface area contributed by atoms with Gasteiger partial charge in [0.25, 0.3) is 11.8 Å². The van der Waals surface area contributed by atoms with Gasteiger partial charge in [0.1, 0.15) is 11.9 Å². The van der Waals surface area contributed by atoms with Crippen molar-refractivity contribution in [1.29, 1.82) is 0 Å². The molecule has 1 aliphatic heterocycles. The summed E-state index contributed by atoms with van der Waals surface area (Å²) in [6, 6.07) is 15.6. The molecule has 0 aromatic heterocycles. The van der Waals surface area contributed by atoms with Crippen LogP contribution in [-0.4, -0.2) is 53.4 Å². The van der Waals surface area contributed by atoms with E-state index in [2.05, 4.69) is 11.8 Å². The van der Waals surface area contributed by atoms with Crippen molar-refractivity contribution >= 4 is 11.8 Å². The van der Waals surface area contributed by atoms with E-state index in [0.29, 0.717) is 11.3 Å². The summed E-state index contributed by atoms with van der Waals surface area (Å²) >= 11 is 0. The fraction of sp³-hybridized carbons (Fsp3) is 0.533. The SMILES string of the molecule is CCCN1CCCCCCN(C(=O)c2ccc(C)cc2)[C@@H]2CCCC[C@@H]2Oc2ccccc2C1=O. The second kappa shape index (κ2) is 12.2. The van der Waals surface area contributed by atoms with Crippen LogP contribution < -0.4 is 4.74 Å². The van der Waals surface area contributed by atoms with E-state index in [4.69, 9.17) is 4.74 Å². The Labute approximate surface area is 210 Å². The Balaban J connectivity index is 1.66. The number of carbonyl (C=O) groups excluding carboxylic acids is 2. The zero-order chi connectivity index (χ0) is 24.6. The van der Waals surface area contributed by atoms with Gasteiger partial charge in [0.15, 0.2) is 0 Å². The van der Waals surface area contributed by atoms with Crippen LogP contribution in [0.2, 0.25) is 0 Å². The van der Waals surface area contributed by atoms with Crippen molar-refractivity contribution in [3.8, 4) is 5.75 Å². The van der Waals surface area contributed by atoms with Crippen LogP contribution in [0.1, 0.15) is 91.0 Å². The summed E-state index contributed by atoms with van der Waals surface area (Å²) in [5, 5.41) is 0. The van der Waals surface area contributed by atoms with Crippen LogP contribution in [0, 0.1) is 6.92 Å². The molecule has 2 aliphatic rings. The molecular formula is C30H40N2O3. The topological polar surface area (TPSA) is 49.9 Å². The van der Waals surface area contributed by atoms with Gasteiger partial charge < -0.3 is 14.5 Å². The number of para-hydroxylation sites is 1. The Hall–Kier alpha value is -2.82. The highest BCUT2D eigenvalue weighted by atomic mass is 16.5. The molecule has 5 heteroatoms. The first kappa shape index (κ1) is 25.3. The number of amides is 2. The third-order valence-electron chi connectivity index (χ3n) is 7.38. The quantitative estimate of drug-likeness (QED) is 0.526. The van der Waals surface area contributed by atoms with E-state index < -0.39 is 0 Å². The number of fused-ring (bicyclic) bond motifs is 2. The molecule has 1 saturated carbocycles. The zero-order valence-electron chi connectivity index (χ0n) is 21.4. The molecular weight excluding hydrogens is 436 g/mol. The number of rotatable bonds is 3. The molecule has 0 saturated heterocycles. The number of aryl methyl sites for hydroxylation is 1. The van der Waals surface area contributed by atoms with Gasteiger partial charge in [0, 0.05) is 25.2 Å². The van der Waals surface area contributed by atoms with Crippen molar-refractivity contribution < 1.29 is 14.3 Å². The lowest BCUT2D eigenvalue weighted by atomic mass is 9.90. The maximum atomic E-state index is 13.7. The maximum absolute atomic E-state index is 13.7. The Bertz CT molecular complexity index is 987. The summed E-state index contributed by atoms with van der Waals surface area (Å²) in [4.78, 5) is 31.3. The van der Waals surface area contributed by atoms with Crippen molar-refractivity contribution in [2.75, 3.05) is 19.6 Å². The van der Waals surface area contributed by atoms with E-state index >= 15 is 0 Å². The smallest absolute Gasteiger partial charge is 0.257 e. The van der Waals surface area contributed by atoms with E-state index in [1.807, 2.05) is 60.4 Å². The number of benzene rings is 2. The van der Waals surface area contributed by atoms with E-state index in [1.54, 1.807) is 0 Å². The summed E-state index contributed by atoms with van der Waals surface area (Å²) in [5.74, 6) is 0.797. The van der Waals surface area contributed by atoms with Gasteiger partial charge in [-0.2, -0.15) is 0 Å². The highest BCUT2D eigenvalue weighted by molar-refractivity contribution is 5.97. The highest BCUT2D eigenvalue weighted by Gasteiger charge is 2.35. The molecule has 0 spiro atoms. The minimum absolute atomic E-state index is 0.00963. The molecule has 0 bridgehead atoms. The lowest BCUT2D eigenvalue weighted by Crippen LogP contribution is -2.51. The van der Waals surface area contributed by atoms with E-state index in [1.165, 1.54) is 0 Å². The second-order valence-corrected chi connectivity index (χ2v) is 10.1. The average molecular weight is 477 g/mol. The van der Waals surface area contributed by atoms with Gasteiger partial charge in [0.05, 0.1) is 11.6 Å². The fourth-order valence-corrected chi connectivity index (χ4v) is 5.45. The minimum atomic E-state index is -0.116. The van der Waals surface area contributed by atoms with E-state index in [0.717, 1.165) is 88.5 Å². The molecule has 5 nitrogen and oxygen atoms in total. The normalized spacial score (nSPS) is 21.9. The summed E-state index contributed by atoms with van der Waals surface area (Å²) < 4.78 is 6.64. The van der Waals surface area contributed by atoms with Gasteiger partial charge in [0.2, 0.25) is 0 Å². The van der Waals surface area contributed by atoms with Gasteiger partial charge in [-0.3, -0.25) is 9.59 Å². The molecule has 0 unspecified atom stereocenters. The third-order valence-corrected chi connectivity index (χ3v) is 7.38.